The molecule has 0 aliphatic carbocycles. The summed E-state index contributed by atoms with van der Waals surface area (Å²) in [6.45, 7) is 7.87. The van der Waals surface area contributed by atoms with Crippen LogP contribution < -0.4 is 4.74 Å². The Morgan fingerprint density at radius 1 is 1.10 bits per heavy atom. The van der Waals surface area contributed by atoms with Gasteiger partial charge in [0.25, 0.3) is 0 Å². The van der Waals surface area contributed by atoms with Crippen molar-refractivity contribution in [2.75, 3.05) is 0 Å². The Hall–Kier alpha value is -1.07. The molecule has 21 heavy (non-hydrogen) atoms. The van der Waals surface area contributed by atoms with Crippen molar-refractivity contribution in [3.05, 3.63) is 24.3 Å². The monoisotopic (exact) mass is 311 g/mol. The van der Waals surface area contributed by atoms with Crippen molar-refractivity contribution in [3.63, 3.8) is 0 Å². The van der Waals surface area contributed by atoms with E-state index in [1.54, 1.807) is 28.6 Å². The van der Waals surface area contributed by atoms with E-state index in [-0.39, 0.29) is 18.2 Å². The third-order valence-corrected chi connectivity index (χ3v) is 6.03. The Morgan fingerprint density at radius 3 is 2.10 bits per heavy atom. The first-order valence-electron chi connectivity index (χ1n) is 7.62. The number of sulfonamides is 1. The van der Waals surface area contributed by atoms with Gasteiger partial charge in [0, 0.05) is 12.1 Å². The van der Waals surface area contributed by atoms with Gasteiger partial charge in [0.15, 0.2) is 0 Å². The molecular weight excluding hydrogens is 286 g/mol. The Labute approximate surface area is 128 Å². The van der Waals surface area contributed by atoms with Crippen LogP contribution >= 0.6 is 0 Å². The fourth-order valence-electron chi connectivity index (χ4n) is 2.96. The van der Waals surface area contributed by atoms with E-state index in [0.29, 0.717) is 10.6 Å². The minimum Gasteiger partial charge on any atom is -0.491 e. The van der Waals surface area contributed by atoms with Crippen LogP contribution in [0.3, 0.4) is 0 Å². The molecule has 1 saturated heterocycles. The van der Waals surface area contributed by atoms with Crippen LogP contribution in [0, 0.1) is 0 Å². The van der Waals surface area contributed by atoms with Crippen LogP contribution in [-0.4, -0.2) is 30.9 Å². The Balaban J connectivity index is 2.26. The molecule has 2 atom stereocenters. The summed E-state index contributed by atoms with van der Waals surface area (Å²) in [5.41, 5.74) is 0. The lowest BCUT2D eigenvalue weighted by Crippen LogP contribution is -2.47. The minimum atomic E-state index is -3.43. The van der Waals surface area contributed by atoms with E-state index >= 15 is 0 Å². The number of hydrogen-bond donors (Lipinski definition) is 0. The summed E-state index contributed by atoms with van der Waals surface area (Å²) in [5.74, 6) is 0.698. The van der Waals surface area contributed by atoms with Crippen molar-refractivity contribution in [2.24, 2.45) is 0 Å². The summed E-state index contributed by atoms with van der Waals surface area (Å²) in [7, 11) is -3.43. The SMILES string of the molecule is CC(C)Oc1ccc(S(=O)(=O)N2C(C)CCCC2C)cc1. The molecule has 4 nitrogen and oxygen atoms in total. The predicted octanol–water partition coefficient (Wildman–Crippen LogP) is 3.43. The molecule has 1 aliphatic rings. The van der Waals surface area contributed by atoms with E-state index in [0.717, 1.165) is 19.3 Å². The third-order valence-electron chi connectivity index (χ3n) is 3.88. The molecule has 0 aromatic heterocycles. The molecule has 1 aliphatic heterocycles. The highest BCUT2D eigenvalue weighted by molar-refractivity contribution is 7.89. The van der Waals surface area contributed by atoms with Gasteiger partial charge in [-0.15, -0.1) is 0 Å². The number of benzene rings is 1. The molecule has 1 aromatic rings. The maximum atomic E-state index is 12.8. The standard InChI is InChI=1S/C16H25NO3S/c1-12(2)20-15-8-10-16(11-9-15)21(18,19)17-13(3)6-5-7-14(17)4/h8-14H,5-7H2,1-4H3. The molecule has 0 spiro atoms. The summed E-state index contributed by atoms with van der Waals surface area (Å²) in [4.78, 5) is 0.346. The Morgan fingerprint density at radius 2 is 1.62 bits per heavy atom. The Bertz CT molecular complexity index is 556. The summed E-state index contributed by atoms with van der Waals surface area (Å²) >= 11 is 0. The van der Waals surface area contributed by atoms with E-state index in [9.17, 15) is 8.42 Å². The second-order valence-corrected chi connectivity index (χ2v) is 7.95. The fourth-order valence-corrected chi connectivity index (χ4v) is 4.84. The summed E-state index contributed by atoms with van der Waals surface area (Å²) in [6, 6.07) is 6.86. The topological polar surface area (TPSA) is 46.6 Å². The third kappa shape index (κ3) is 3.58. The first kappa shape index (κ1) is 16.3. The fraction of sp³-hybridized carbons (Fsp3) is 0.625. The first-order valence-corrected chi connectivity index (χ1v) is 9.06. The van der Waals surface area contributed by atoms with Crippen molar-refractivity contribution < 1.29 is 13.2 Å². The lowest BCUT2D eigenvalue weighted by atomic mass is 10.0. The summed E-state index contributed by atoms with van der Waals surface area (Å²) < 4.78 is 32.9. The number of hydrogen-bond acceptors (Lipinski definition) is 3. The number of ether oxygens (including phenoxy) is 1. The molecule has 1 fully saturated rings. The van der Waals surface area contributed by atoms with Gasteiger partial charge in [-0.2, -0.15) is 4.31 Å². The zero-order chi connectivity index (χ0) is 15.6. The molecule has 5 heteroatoms. The van der Waals surface area contributed by atoms with Crippen LogP contribution in [0.5, 0.6) is 5.75 Å². The lowest BCUT2D eigenvalue weighted by Gasteiger charge is -2.37. The van der Waals surface area contributed by atoms with Crippen LogP contribution in [-0.2, 0) is 10.0 Å². The molecule has 118 valence electrons. The van der Waals surface area contributed by atoms with Gasteiger partial charge in [0.1, 0.15) is 5.75 Å². The van der Waals surface area contributed by atoms with Gasteiger partial charge in [-0.1, -0.05) is 6.42 Å². The zero-order valence-electron chi connectivity index (χ0n) is 13.2. The minimum absolute atomic E-state index is 0.0605. The highest BCUT2D eigenvalue weighted by atomic mass is 32.2. The molecule has 0 amide bonds. The normalized spacial score (nSPS) is 24.2. The van der Waals surface area contributed by atoms with E-state index in [1.807, 2.05) is 27.7 Å². The molecule has 0 bridgehead atoms. The van der Waals surface area contributed by atoms with Crippen LogP contribution in [0.15, 0.2) is 29.2 Å². The summed E-state index contributed by atoms with van der Waals surface area (Å²) in [6.07, 6.45) is 3.03. The molecule has 0 saturated carbocycles. The van der Waals surface area contributed by atoms with E-state index in [2.05, 4.69) is 0 Å². The van der Waals surface area contributed by atoms with Gasteiger partial charge in [-0.05, 0) is 64.8 Å². The molecule has 1 heterocycles. The zero-order valence-corrected chi connectivity index (χ0v) is 14.1. The highest BCUT2D eigenvalue weighted by Gasteiger charge is 2.35. The van der Waals surface area contributed by atoms with Crippen molar-refractivity contribution >= 4 is 10.0 Å². The number of piperidine rings is 1. The molecule has 2 unspecified atom stereocenters. The number of nitrogens with zero attached hydrogens (tertiary/aromatic N) is 1. The molecule has 0 N–H and O–H groups in total. The lowest BCUT2D eigenvalue weighted by molar-refractivity contribution is 0.204. The van der Waals surface area contributed by atoms with Crippen LogP contribution in [0.2, 0.25) is 0 Å². The van der Waals surface area contributed by atoms with E-state index in [1.165, 1.54) is 0 Å². The molecule has 2 rings (SSSR count). The van der Waals surface area contributed by atoms with Gasteiger partial charge in [0.2, 0.25) is 10.0 Å². The predicted molar refractivity (Wildman–Crippen MR) is 84.0 cm³/mol. The van der Waals surface area contributed by atoms with Gasteiger partial charge in [0.05, 0.1) is 11.0 Å². The van der Waals surface area contributed by atoms with Crippen molar-refractivity contribution in [1.82, 2.24) is 4.31 Å². The maximum absolute atomic E-state index is 12.8. The van der Waals surface area contributed by atoms with E-state index < -0.39 is 10.0 Å². The largest absolute Gasteiger partial charge is 0.491 e. The van der Waals surface area contributed by atoms with E-state index in [4.69, 9.17) is 4.74 Å². The number of rotatable bonds is 4. The second kappa shape index (κ2) is 6.36. The summed E-state index contributed by atoms with van der Waals surface area (Å²) in [5, 5.41) is 0. The quantitative estimate of drug-likeness (QED) is 0.856. The van der Waals surface area contributed by atoms with Crippen LogP contribution in [0.1, 0.15) is 47.0 Å². The Kier molecular flexibility index (Phi) is 4.94. The average molecular weight is 311 g/mol. The first-order chi connectivity index (χ1) is 9.82. The molecule has 0 radical (unpaired) electrons. The highest BCUT2D eigenvalue weighted by Crippen LogP contribution is 2.30. The van der Waals surface area contributed by atoms with Crippen molar-refractivity contribution in [1.29, 1.82) is 0 Å². The van der Waals surface area contributed by atoms with Gasteiger partial charge in [-0.3, -0.25) is 0 Å². The van der Waals surface area contributed by atoms with Crippen molar-refractivity contribution in [2.45, 2.75) is 70.0 Å². The second-order valence-electron chi connectivity index (χ2n) is 6.10. The van der Waals surface area contributed by atoms with Gasteiger partial charge < -0.3 is 4.74 Å². The van der Waals surface area contributed by atoms with Crippen molar-refractivity contribution in [3.8, 4) is 5.75 Å². The average Bonchev–Trinajstić information content (AvgIpc) is 2.38. The van der Waals surface area contributed by atoms with Crippen LogP contribution in [0.25, 0.3) is 0 Å². The smallest absolute Gasteiger partial charge is 0.243 e. The molecular formula is C16H25NO3S. The van der Waals surface area contributed by atoms with Crippen LogP contribution in [0.4, 0.5) is 0 Å². The van der Waals surface area contributed by atoms with Gasteiger partial charge in [-0.25, -0.2) is 8.42 Å². The molecule has 1 aromatic carbocycles. The maximum Gasteiger partial charge on any atom is 0.243 e. The van der Waals surface area contributed by atoms with Gasteiger partial charge >= 0.3 is 0 Å².